The molecule has 0 aromatic heterocycles. The maximum absolute atomic E-state index is 14.3. The minimum absolute atomic E-state index is 0.169. The number of hydrogen-bond donors (Lipinski definition) is 1. The van der Waals surface area contributed by atoms with E-state index >= 15 is 0 Å². The van der Waals surface area contributed by atoms with Gasteiger partial charge in [0.1, 0.15) is 10.6 Å². The number of rotatable bonds is 12. The molecule has 6 heteroatoms. The van der Waals surface area contributed by atoms with Gasteiger partial charge in [-0.3, -0.25) is 0 Å². The quantitative estimate of drug-likeness (QED) is 0.188. The molecule has 0 amide bonds. The second-order valence-corrected chi connectivity index (χ2v) is 13.6. The molecular formula is C33H42NO4S+. The zero-order valence-electron chi connectivity index (χ0n) is 23.3. The summed E-state index contributed by atoms with van der Waals surface area (Å²) in [5, 5.41) is 10.5. The summed E-state index contributed by atoms with van der Waals surface area (Å²) in [6, 6.07) is 25.2. The van der Waals surface area contributed by atoms with Crippen molar-refractivity contribution < 1.29 is 18.3 Å². The SMILES string of the molecule is Cc1ccc(S(=O)(=O)[N+]2(c3ccccc3)CCC(C)(CCCCCCCc3ccccc3)CC2C(=O)O)cc1. The first-order valence-electron chi connectivity index (χ1n) is 14.2. The molecule has 3 atom stereocenters. The van der Waals surface area contributed by atoms with Crippen LogP contribution in [0.2, 0.25) is 0 Å². The van der Waals surface area contributed by atoms with Crippen molar-refractivity contribution in [1.82, 2.24) is 3.89 Å². The topological polar surface area (TPSA) is 71.4 Å². The van der Waals surface area contributed by atoms with Crippen LogP contribution in [0.1, 0.15) is 69.4 Å². The summed E-state index contributed by atoms with van der Waals surface area (Å²) in [5.41, 5.74) is 2.65. The molecule has 0 spiro atoms. The molecule has 0 bridgehead atoms. The van der Waals surface area contributed by atoms with Gasteiger partial charge in [0, 0.05) is 25.0 Å². The smallest absolute Gasteiger partial charge is 0.364 e. The van der Waals surface area contributed by atoms with Gasteiger partial charge in [-0.1, -0.05) is 98.8 Å². The molecule has 208 valence electrons. The molecule has 1 saturated heterocycles. The Kier molecular flexibility index (Phi) is 9.29. The van der Waals surface area contributed by atoms with Crippen molar-refractivity contribution in [3.8, 4) is 0 Å². The van der Waals surface area contributed by atoms with E-state index in [0.29, 0.717) is 18.5 Å². The number of aliphatic carboxylic acids is 1. The molecule has 1 fully saturated rings. The lowest BCUT2D eigenvalue weighted by Gasteiger charge is -2.49. The van der Waals surface area contributed by atoms with Gasteiger partial charge in [0.2, 0.25) is 6.04 Å². The maximum Gasteiger partial charge on any atom is 0.364 e. The van der Waals surface area contributed by atoms with Crippen molar-refractivity contribution >= 4 is 21.7 Å². The zero-order chi connectivity index (χ0) is 27.9. The molecule has 1 heterocycles. The van der Waals surface area contributed by atoms with Crippen molar-refractivity contribution in [2.75, 3.05) is 6.54 Å². The number of piperidine rings is 1. The highest BCUT2D eigenvalue weighted by atomic mass is 32.2. The molecule has 3 aromatic carbocycles. The van der Waals surface area contributed by atoms with Crippen molar-refractivity contribution in [3.63, 3.8) is 0 Å². The van der Waals surface area contributed by atoms with Crippen LogP contribution < -0.4 is 3.89 Å². The summed E-state index contributed by atoms with van der Waals surface area (Å²) in [7, 11) is -4.04. The standard InChI is InChI=1S/C33H41NO4S/c1-27-19-21-30(22-20-27)39(37,38)34(29-17-11-7-12-18-29)25-24-33(2,26-31(34)32(35)36)23-13-5-3-4-8-14-28-15-9-6-10-16-28/h6-7,9-12,15-22,31H,3-5,8,13-14,23-26H2,1-2H3/p+1. The Morgan fingerprint density at radius 1 is 0.872 bits per heavy atom. The molecule has 4 rings (SSSR count). The molecule has 0 saturated carbocycles. The van der Waals surface area contributed by atoms with Crippen LogP contribution in [0.4, 0.5) is 5.69 Å². The Morgan fingerprint density at radius 3 is 2.10 bits per heavy atom. The molecule has 0 radical (unpaired) electrons. The van der Waals surface area contributed by atoms with Gasteiger partial charge in [-0.05, 0) is 49.3 Å². The molecule has 3 unspecified atom stereocenters. The molecule has 1 aliphatic heterocycles. The number of hydrogen-bond acceptors (Lipinski definition) is 3. The summed E-state index contributed by atoms with van der Waals surface area (Å²) in [6.07, 6.45) is 8.68. The van der Waals surface area contributed by atoms with E-state index in [2.05, 4.69) is 31.2 Å². The lowest BCUT2D eigenvalue weighted by Crippen LogP contribution is -2.67. The van der Waals surface area contributed by atoms with Gasteiger partial charge in [-0.15, -0.1) is 0 Å². The third-order valence-corrected chi connectivity index (χ3v) is 10.9. The molecular weight excluding hydrogens is 506 g/mol. The summed E-state index contributed by atoms with van der Waals surface area (Å²) in [4.78, 5) is 13.0. The van der Waals surface area contributed by atoms with E-state index in [0.717, 1.165) is 37.7 Å². The molecule has 5 nitrogen and oxygen atoms in total. The third-order valence-electron chi connectivity index (χ3n) is 8.55. The summed E-state index contributed by atoms with van der Waals surface area (Å²) >= 11 is 0. The van der Waals surface area contributed by atoms with Crippen LogP contribution in [0.25, 0.3) is 0 Å². The summed E-state index contributed by atoms with van der Waals surface area (Å²) < 4.78 is 28.1. The fraction of sp³-hybridized carbons (Fsp3) is 0.424. The number of nitrogens with zero attached hydrogens (tertiary/aromatic N) is 1. The number of benzene rings is 3. The fourth-order valence-corrected chi connectivity index (χ4v) is 8.26. The Hall–Kier alpha value is -2.96. The predicted octanol–water partition coefficient (Wildman–Crippen LogP) is 7.53. The molecule has 0 aliphatic carbocycles. The third kappa shape index (κ3) is 6.44. The largest absolute Gasteiger partial charge is 0.477 e. The van der Waals surface area contributed by atoms with Crippen LogP contribution in [-0.4, -0.2) is 32.1 Å². The average molecular weight is 549 g/mol. The molecule has 3 aromatic rings. The lowest BCUT2D eigenvalue weighted by atomic mass is 9.73. The monoisotopic (exact) mass is 548 g/mol. The molecule has 1 N–H and O–H groups in total. The van der Waals surface area contributed by atoms with Gasteiger partial charge in [0.25, 0.3) is 0 Å². The number of sulfonamides is 1. The van der Waals surface area contributed by atoms with Crippen LogP contribution in [-0.2, 0) is 21.2 Å². The predicted molar refractivity (Wildman–Crippen MR) is 158 cm³/mol. The lowest BCUT2D eigenvalue weighted by molar-refractivity contribution is -0.143. The van der Waals surface area contributed by atoms with Gasteiger partial charge in [-0.2, -0.15) is 12.3 Å². The summed E-state index contributed by atoms with van der Waals surface area (Å²) in [6.45, 7) is 4.30. The Morgan fingerprint density at radius 2 is 1.46 bits per heavy atom. The van der Waals surface area contributed by atoms with Gasteiger partial charge in [-0.25, -0.2) is 4.79 Å². The first-order valence-corrected chi connectivity index (χ1v) is 15.6. The van der Waals surface area contributed by atoms with Gasteiger partial charge < -0.3 is 5.11 Å². The minimum atomic E-state index is -4.04. The fourth-order valence-electron chi connectivity index (χ4n) is 6.17. The zero-order valence-corrected chi connectivity index (χ0v) is 24.1. The second kappa shape index (κ2) is 12.5. The number of carbonyl (C=O) groups is 1. The number of carboxylic acids is 1. The van der Waals surface area contributed by atoms with E-state index in [-0.39, 0.29) is 16.9 Å². The Balaban J connectivity index is 1.48. The van der Waals surface area contributed by atoms with Crippen LogP contribution >= 0.6 is 0 Å². The minimum Gasteiger partial charge on any atom is -0.477 e. The number of para-hydroxylation sites is 1. The first kappa shape index (κ1) is 29.0. The van der Waals surface area contributed by atoms with E-state index in [1.165, 1.54) is 18.4 Å². The maximum atomic E-state index is 14.3. The number of carboxylic acid groups (broad SMARTS) is 1. The van der Waals surface area contributed by atoms with Crippen molar-refractivity contribution in [2.45, 2.75) is 82.6 Å². The van der Waals surface area contributed by atoms with Crippen molar-refractivity contribution in [3.05, 3.63) is 96.1 Å². The number of aryl methyl sites for hydroxylation is 2. The van der Waals surface area contributed by atoms with E-state index < -0.39 is 25.9 Å². The van der Waals surface area contributed by atoms with E-state index in [9.17, 15) is 18.3 Å². The highest BCUT2D eigenvalue weighted by molar-refractivity contribution is 7.91. The van der Waals surface area contributed by atoms with E-state index in [1.807, 2.05) is 19.1 Å². The van der Waals surface area contributed by atoms with E-state index in [1.54, 1.807) is 48.5 Å². The average Bonchev–Trinajstić information content (AvgIpc) is 2.94. The molecule has 39 heavy (non-hydrogen) atoms. The van der Waals surface area contributed by atoms with Gasteiger partial charge in [0.15, 0.2) is 0 Å². The Labute approximate surface area is 234 Å². The van der Waals surface area contributed by atoms with Crippen LogP contribution in [0, 0.1) is 12.3 Å². The van der Waals surface area contributed by atoms with Crippen LogP contribution in [0.15, 0.2) is 89.8 Å². The van der Waals surface area contributed by atoms with Gasteiger partial charge in [0.05, 0.1) is 6.54 Å². The highest BCUT2D eigenvalue weighted by Gasteiger charge is 2.59. The second-order valence-electron chi connectivity index (χ2n) is 11.5. The van der Waals surface area contributed by atoms with Crippen LogP contribution in [0.3, 0.4) is 0 Å². The first-order chi connectivity index (χ1) is 18.7. The number of unbranched alkanes of at least 4 members (excludes halogenated alkanes) is 4. The highest BCUT2D eigenvalue weighted by Crippen LogP contribution is 2.48. The van der Waals surface area contributed by atoms with Crippen LogP contribution in [0.5, 0.6) is 0 Å². The van der Waals surface area contributed by atoms with Crippen molar-refractivity contribution in [1.29, 1.82) is 0 Å². The van der Waals surface area contributed by atoms with E-state index in [4.69, 9.17) is 0 Å². The summed E-state index contributed by atoms with van der Waals surface area (Å²) in [5.74, 6) is -1.05. The molecule has 1 aliphatic rings. The normalized spacial score (nSPS) is 23.4. The van der Waals surface area contributed by atoms with Crippen molar-refractivity contribution in [2.24, 2.45) is 5.41 Å². The number of quaternary nitrogens is 1. The Bertz CT molecular complexity index is 1330. The van der Waals surface area contributed by atoms with Gasteiger partial charge >= 0.3 is 16.0 Å².